The number of rotatable bonds is 5. The zero-order chi connectivity index (χ0) is 16.1. The van der Waals surface area contributed by atoms with Gasteiger partial charge in [0.1, 0.15) is 5.75 Å². The molecule has 0 fully saturated rings. The molecule has 114 valence electrons. The monoisotopic (exact) mass is 321 g/mol. The van der Waals surface area contributed by atoms with E-state index >= 15 is 0 Å². The van der Waals surface area contributed by atoms with Crippen molar-refractivity contribution in [1.82, 2.24) is 0 Å². The molecule has 2 rings (SSSR count). The highest BCUT2D eigenvalue weighted by atomic mass is 35.5. The van der Waals surface area contributed by atoms with Crippen LogP contribution >= 0.6 is 11.6 Å². The first-order chi connectivity index (χ1) is 10.5. The molecule has 0 saturated heterocycles. The van der Waals surface area contributed by atoms with Crippen LogP contribution in [0.1, 0.15) is 5.56 Å². The van der Waals surface area contributed by atoms with Crippen molar-refractivity contribution in [2.75, 3.05) is 7.11 Å². The van der Waals surface area contributed by atoms with Gasteiger partial charge in [-0.05, 0) is 29.8 Å². The Bertz CT molecular complexity index is 700. The minimum absolute atomic E-state index is 0.0135. The summed E-state index contributed by atoms with van der Waals surface area (Å²) in [4.78, 5) is 22.3. The van der Waals surface area contributed by atoms with Crippen LogP contribution in [0, 0.1) is 10.1 Å². The Morgan fingerprint density at radius 1 is 1.23 bits per heavy atom. The number of carbonyl (C=O) groups excluding carboxylic acids is 1. The van der Waals surface area contributed by atoms with E-state index in [0.717, 1.165) is 0 Å². The molecule has 0 aliphatic rings. The van der Waals surface area contributed by atoms with Gasteiger partial charge in [0.2, 0.25) is 5.75 Å². The Hall–Kier alpha value is -2.60. The van der Waals surface area contributed by atoms with Crippen molar-refractivity contribution < 1.29 is 19.2 Å². The number of carbonyl (C=O) groups is 1. The standard InChI is InChI=1S/C15H12ClNO5/c1-21-12-6-7-14(13(9-12)17(19)20)22-15(18)8-10-2-4-11(16)5-3-10/h2-7,9H,8H2,1H3. The molecule has 0 amide bonds. The van der Waals surface area contributed by atoms with Crippen LogP contribution in [0.15, 0.2) is 42.5 Å². The topological polar surface area (TPSA) is 78.7 Å². The highest BCUT2D eigenvalue weighted by molar-refractivity contribution is 6.30. The predicted octanol–water partition coefficient (Wildman–Crippen LogP) is 3.40. The minimum atomic E-state index is -0.632. The Morgan fingerprint density at radius 2 is 1.91 bits per heavy atom. The van der Waals surface area contributed by atoms with Crippen molar-refractivity contribution in [3.63, 3.8) is 0 Å². The van der Waals surface area contributed by atoms with Crippen LogP contribution in [-0.2, 0) is 11.2 Å². The molecule has 0 unspecified atom stereocenters. The number of nitro benzene ring substituents is 1. The van der Waals surface area contributed by atoms with Crippen LogP contribution in [0.2, 0.25) is 5.02 Å². The molecule has 0 heterocycles. The van der Waals surface area contributed by atoms with Gasteiger partial charge < -0.3 is 9.47 Å². The van der Waals surface area contributed by atoms with E-state index in [4.69, 9.17) is 21.1 Å². The molecule has 0 N–H and O–H groups in total. The van der Waals surface area contributed by atoms with Crippen LogP contribution in [-0.4, -0.2) is 18.0 Å². The molecule has 7 heteroatoms. The van der Waals surface area contributed by atoms with Crippen molar-refractivity contribution in [2.24, 2.45) is 0 Å². The lowest BCUT2D eigenvalue weighted by Crippen LogP contribution is -2.12. The Kier molecular flexibility index (Phi) is 4.95. The number of benzene rings is 2. The van der Waals surface area contributed by atoms with Crippen LogP contribution in [0.5, 0.6) is 11.5 Å². The maximum absolute atomic E-state index is 11.9. The number of nitrogens with zero attached hydrogens (tertiary/aromatic N) is 1. The number of methoxy groups -OCH3 is 1. The van der Waals surface area contributed by atoms with Crippen LogP contribution in [0.4, 0.5) is 5.69 Å². The molecule has 0 atom stereocenters. The molecule has 6 nitrogen and oxygen atoms in total. The van der Waals surface area contributed by atoms with E-state index in [9.17, 15) is 14.9 Å². The molecule has 2 aromatic rings. The predicted molar refractivity (Wildman–Crippen MR) is 80.4 cm³/mol. The van der Waals surface area contributed by atoms with Crippen LogP contribution in [0.3, 0.4) is 0 Å². The first-order valence-corrected chi connectivity index (χ1v) is 6.65. The first-order valence-electron chi connectivity index (χ1n) is 6.27. The van der Waals surface area contributed by atoms with Gasteiger partial charge in [0, 0.05) is 5.02 Å². The average molecular weight is 322 g/mol. The van der Waals surface area contributed by atoms with Crippen molar-refractivity contribution in [3.8, 4) is 11.5 Å². The van der Waals surface area contributed by atoms with E-state index in [1.165, 1.54) is 25.3 Å². The Labute approximate surface area is 131 Å². The fourth-order valence-corrected chi connectivity index (χ4v) is 1.91. The van der Waals surface area contributed by atoms with E-state index in [2.05, 4.69) is 0 Å². The van der Waals surface area contributed by atoms with Gasteiger partial charge in [0.15, 0.2) is 0 Å². The maximum Gasteiger partial charge on any atom is 0.315 e. The summed E-state index contributed by atoms with van der Waals surface area (Å²) in [6.45, 7) is 0. The van der Waals surface area contributed by atoms with Crippen molar-refractivity contribution >= 4 is 23.3 Å². The zero-order valence-corrected chi connectivity index (χ0v) is 12.4. The summed E-state index contributed by atoms with van der Waals surface area (Å²) < 4.78 is 9.99. The molecule has 0 aliphatic heterocycles. The van der Waals surface area contributed by atoms with E-state index in [1.54, 1.807) is 24.3 Å². The molecule has 2 aromatic carbocycles. The second-order valence-corrected chi connectivity index (χ2v) is 4.80. The number of ether oxygens (including phenoxy) is 2. The molecule has 0 bridgehead atoms. The molecule has 22 heavy (non-hydrogen) atoms. The van der Waals surface area contributed by atoms with Gasteiger partial charge in [-0.2, -0.15) is 0 Å². The summed E-state index contributed by atoms with van der Waals surface area (Å²) in [6, 6.07) is 10.7. The molecular weight excluding hydrogens is 310 g/mol. The molecule has 0 aromatic heterocycles. The van der Waals surface area contributed by atoms with Crippen molar-refractivity contribution in [1.29, 1.82) is 0 Å². The van der Waals surface area contributed by atoms with Gasteiger partial charge in [-0.15, -0.1) is 0 Å². The van der Waals surface area contributed by atoms with Gasteiger partial charge >= 0.3 is 11.7 Å². The molecule has 0 spiro atoms. The molecular formula is C15H12ClNO5. The Morgan fingerprint density at radius 3 is 2.50 bits per heavy atom. The maximum atomic E-state index is 11.9. The second kappa shape index (κ2) is 6.91. The summed E-state index contributed by atoms with van der Waals surface area (Å²) in [5.74, 6) is -0.412. The summed E-state index contributed by atoms with van der Waals surface area (Å²) in [7, 11) is 1.39. The third-order valence-electron chi connectivity index (χ3n) is 2.85. The highest BCUT2D eigenvalue weighted by Gasteiger charge is 2.19. The van der Waals surface area contributed by atoms with Gasteiger partial charge in [-0.3, -0.25) is 14.9 Å². The zero-order valence-electron chi connectivity index (χ0n) is 11.6. The highest BCUT2D eigenvalue weighted by Crippen LogP contribution is 2.31. The van der Waals surface area contributed by atoms with Crippen LogP contribution < -0.4 is 9.47 Å². The fraction of sp³-hybridized carbons (Fsp3) is 0.133. The van der Waals surface area contributed by atoms with Crippen molar-refractivity contribution in [3.05, 3.63) is 63.2 Å². The van der Waals surface area contributed by atoms with E-state index in [-0.39, 0.29) is 17.9 Å². The Balaban J connectivity index is 2.14. The third kappa shape index (κ3) is 3.95. The van der Waals surface area contributed by atoms with Gasteiger partial charge in [0.25, 0.3) is 0 Å². The van der Waals surface area contributed by atoms with E-state index < -0.39 is 10.9 Å². The summed E-state index contributed by atoms with van der Waals surface area (Å²) in [5.41, 5.74) is 0.370. The molecule has 0 aliphatic carbocycles. The number of hydrogen-bond donors (Lipinski definition) is 0. The van der Waals surface area contributed by atoms with E-state index in [0.29, 0.717) is 16.3 Å². The first kappa shape index (κ1) is 15.8. The largest absolute Gasteiger partial charge is 0.496 e. The number of esters is 1. The fourth-order valence-electron chi connectivity index (χ4n) is 1.78. The molecule has 0 radical (unpaired) electrons. The number of halogens is 1. The lowest BCUT2D eigenvalue weighted by atomic mass is 10.1. The van der Waals surface area contributed by atoms with Gasteiger partial charge in [-0.25, -0.2) is 0 Å². The number of nitro groups is 1. The van der Waals surface area contributed by atoms with Crippen molar-refractivity contribution in [2.45, 2.75) is 6.42 Å². The van der Waals surface area contributed by atoms with Crippen LogP contribution in [0.25, 0.3) is 0 Å². The quantitative estimate of drug-likeness (QED) is 0.365. The number of hydrogen-bond acceptors (Lipinski definition) is 5. The summed E-state index contributed by atoms with van der Waals surface area (Å²) in [5, 5.41) is 11.6. The third-order valence-corrected chi connectivity index (χ3v) is 3.10. The van der Waals surface area contributed by atoms with Gasteiger partial charge in [-0.1, -0.05) is 23.7 Å². The summed E-state index contributed by atoms with van der Waals surface area (Å²) in [6.07, 6.45) is -0.0135. The minimum Gasteiger partial charge on any atom is -0.496 e. The molecule has 0 saturated carbocycles. The lowest BCUT2D eigenvalue weighted by molar-refractivity contribution is -0.385. The van der Waals surface area contributed by atoms with E-state index in [1.807, 2.05) is 0 Å². The normalized spacial score (nSPS) is 10.1. The second-order valence-electron chi connectivity index (χ2n) is 4.37. The smallest absolute Gasteiger partial charge is 0.315 e. The average Bonchev–Trinajstić information content (AvgIpc) is 2.49. The van der Waals surface area contributed by atoms with Gasteiger partial charge in [0.05, 0.1) is 24.5 Å². The lowest BCUT2D eigenvalue weighted by Gasteiger charge is -2.07. The summed E-state index contributed by atoms with van der Waals surface area (Å²) >= 11 is 5.76. The SMILES string of the molecule is COc1ccc(OC(=O)Cc2ccc(Cl)cc2)c([N+](=O)[O-])c1.